The van der Waals surface area contributed by atoms with E-state index in [0.717, 1.165) is 18.6 Å². The molecule has 1 saturated carbocycles. The fourth-order valence-electron chi connectivity index (χ4n) is 2.05. The van der Waals surface area contributed by atoms with E-state index >= 15 is 0 Å². The van der Waals surface area contributed by atoms with Crippen molar-refractivity contribution >= 4 is 11.6 Å². The maximum absolute atomic E-state index is 11.5. The first kappa shape index (κ1) is 8.69. The van der Waals surface area contributed by atoms with Gasteiger partial charge in [0.2, 0.25) is 5.91 Å². The zero-order valence-electron chi connectivity index (χ0n) is 7.70. The van der Waals surface area contributed by atoms with Gasteiger partial charge in [-0.3, -0.25) is 4.79 Å². The predicted molar refractivity (Wildman–Crippen MR) is 50.2 cm³/mol. The second-order valence-corrected chi connectivity index (χ2v) is 3.72. The molecule has 4 heteroatoms. The Bertz CT molecular complexity index is 243. The highest BCUT2D eigenvalue weighted by Crippen LogP contribution is 2.26. The van der Waals surface area contributed by atoms with Crippen molar-refractivity contribution in [2.75, 3.05) is 6.54 Å². The van der Waals surface area contributed by atoms with Crippen molar-refractivity contribution in [1.29, 1.82) is 0 Å². The average Bonchev–Trinajstić information content (AvgIpc) is 2.72. The molecule has 0 spiro atoms. The highest BCUT2D eigenvalue weighted by Gasteiger charge is 2.31. The molecule has 1 aliphatic heterocycles. The molecule has 0 atom stereocenters. The van der Waals surface area contributed by atoms with Crippen LogP contribution in [0.3, 0.4) is 0 Å². The molecule has 0 unspecified atom stereocenters. The molecule has 1 amide bonds. The van der Waals surface area contributed by atoms with Crippen LogP contribution in [-0.2, 0) is 4.79 Å². The van der Waals surface area contributed by atoms with Gasteiger partial charge in [0, 0.05) is 6.54 Å². The highest BCUT2D eigenvalue weighted by molar-refractivity contribution is 6.05. The lowest BCUT2D eigenvalue weighted by molar-refractivity contribution is -0.130. The summed E-state index contributed by atoms with van der Waals surface area (Å²) in [6.45, 7) is 0.412. The number of nitrogens with zero attached hydrogens (tertiary/aromatic N) is 2. The van der Waals surface area contributed by atoms with Crippen LogP contribution in [0.1, 0.15) is 32.1 Å². The summed E-state index contributed by atoms with van der Waals surface area (Å²) in [6.07, 6.45) is 5.09. The van der Waals surface area contributed by atoms with Crippen LogP contribution in [0.4, 0.5) is 0 Å². The number of rotatable bonds is 2. The predicted octanol–water partition coefficient (Wildman–Crippen LogP) is 0.476. The third kappa shape index (κ3) is 1.58. The van der Waals surface area contributed by atoms with Gasteiger partial charge in [-0.2, -0.15) is 5.10 Å². The van der Waals surface area contributed by atoms with Crippen LogP contribution in [0.15, 0.2) is 5.10 Å². The molecule has 0 aromatic heterocycles. The number of carbonyl (C=O) groups is 1. The summed E-state index contributed by atoms with van der Waals surface area (Å²) in [5, 5.41) is 5.91. The fourth-order valence-corrected chi connectivity index (χ4v) is 2.05. The van der Waals surface area contributed by atoms with Crippen molar-refractivity contribution in [2.24, 2.45) is 10.8 Å². The number of nitrogens with two attached hydrogens (primary N) is 1. The van der Waals surface area contributed by atoms with E-state index in [1.54, 1.807) is 5.01 Å². The molecule has 1 heterocycles. The minimum absolute atomic E-state index is 0.132. The first-order chi connectivity index (χ1) is 6.31. The lowest BCUT2D eigenvalue weighted by Gasteiger charge is -2.18. The molecule has 0 radical (unpaired) electrons. The van der Waals surface area contributed by atoms with Gasteiger partial charge in [0.05, 0.1) is 18.2 Å². The van der Waals surface area contributed by atoms with Crippen LogP contribution < -0.4 is 5.73 Å². The molecule has 1 fully saturated rings. The fraction of sp³-hybridized carbons (Fsp3) is 0.778. The second kappa shape index (κ2) is 3.46. The van der Waals surface area contributed by atoms with E-state index < -0.39 is 0 Å². The van der Waals surface area contributed by atoms with Crippen LogP contribution in [0, 0.1) is 0 Å². The Labute approximate surface area is 77.8 Å². The van der Waals surface area contributed by atoms with Crippen LogP contribution >= 0.6 is 0 Å². The highest BCUT2D eigenvalue weighted by atomic mass is 16.2. The zero-order chi connectivity index (χ0) is 9.26. The summed E-state index contributed by atoms with van der Waals surface area (Å²) in [6, 6.07) is 0.358. The molecule has 1 aliphatic carbocycles. The molecule has 0 aromatic rings. The SMILES string of the molecule is NCC1=NN(C2CCCC2)C(=O)C1. The van der Waals surface area contributed by atoms with Gasteiger partial charge in [0.1, 0.15) is 0 Å². The molecule has 0 bridgehead atoms. The lowest BCUT2D eigenvalue weighted by Crippen LogP contribution is -2.30. The Morgan fingerprint density at radius 3 is 2.69 bits per heavy atom. The summed E-state index contributed by atoms with van der Waals surface area (Å²) in [5.74, 6) is 0.132. The van der Waals surface area contributed by atoms with E-state index in [4.69, 9.17) is 5.73 Å². The number of hydrogen-bond acceptors (Lipinski definition) is 3. The topological polar surface area (TPSA) is 58.7 Å². The Balaban J connectivity index is 2.05. The van der Waals surface area contributed by atoms with Crippen molar-refractivity contribution < 1.29 is 4.79 Å². The summed E-state index contributed by atoms with van der Waals surface area (Å²) in [4.78, 5) is 11.5. The van der Waals surface area contributed by atoms with E-state index in [1.165, 1.54) is 12.8 Å². The van der Waals surface area contributed by atoms with Gasteiger partial charge in [-0.05, 0) is 12.8 Å². The minimum atomic E-state index is 0.132. The largest absolute Gasteiger partial charge is 0.325 e. The Hall–Kier alpha value is -0.900. The zero-order valence-corrected chi connectivity index (χ0v) is 7.70. The third-order valence-electron chi connectivity index (χ3n) is 2.77. The van der Waals surface area contributed by atoms with Crippen molar-refractivity contribution in [3.63, 3.8) is 0 Å². The molecular formula is C9H15N3O. The summed E-state index contributed by atoms with van der Waals surface area (Å²) in [5.41, 5.74) is 6.28. The quantitative estimate of drug-likeness (QED) is 0.673. The van der Waals surface area contributed by atoms with E-state index in [9.17, 15) is 4.79 Å². The van der Waals surface area contributed by atoms with Gasteiger partial charge in [-0.15, -0.1) is 0 Å². The maximum Gasteiger partial charge on any atom is 0.248 e. The molecule has 13 heavy (non-hydrogen) atoms. The average molecular weight is 181 g/mol. The summed E-state index contributed by atoms with van der Waals surface area (Å²) < 4.78 is 0. The molecular weight excluding hydrogens is 166 g/mol. The lowest BCUT2D eigenvalue weighted by atomic mass is 10.2. The van der Waals surface area contributed by atoms with E-state index in [-0.39, 0.29) is 5.91 Å². The second-order valence-electron chi connectivity index (χ2n) is 3.72. The third-order valence-corrected chi connectivity index (χ3v) is 2.77. The summed E-state index contributed by atoms with van der Waals surface area (Å²) in [7, 11) is 0. The minimum Gasteiger partial charge on any atom is -0.325 e. The molecule has 72 valence electrons. The number of hydrazone groups is 1. The standard InChI is InChI=1S/C9H15N3O/c10-6-7-5-9(13)12(11-7)8-3-1-2-4-8/h8H,1-6,10H2. The molecule has 2 rings (SSSR count). The monoisotopic (exact) mass is 181 g/mol. The normalized spacial score (nSPS) is 24.2. The van der Waals surface area contributed by atoms with Crippen LogP contribution in [0.25, 0.3) is 0 Å². The maximum atomic E-state index is 11.5. The van der Waals surface area contributed by atoms with E-state index in [1.807, 2.05) is 0 Å². The first-order valence-corrected chi connectivity index (χ1v) is 4.89. The Morgan fingerprint density at radius 1 is 1.46 bits per heavy atom. The Morgan fingerprint density at radius 2 is 2.15 bits per heavy atom. The van der Waals surface area contributed by atoms with E-state index in [2.05, 4.69) is 5.10 Å². The van der Waals surface area contributed by atoms with Crippen molar-refractivity contribution in [1.82, 2.24) is 5.01 Å². The van der Waals surface area contributed by atoms with Crippen molar-refractivity contribution in [3.8, 4) is 0 Å². The van der Waals surface area contributed by atoms with E-state index in [0.29, 0.717) is 19.0 Å². The van der Waals surface area contributed by atoms with Gasteiger partial charge in [0.15, 0.2) is 0 Å². The van der Waals surface area contributed by atoms with Gasteiger partial charge in [-0.1, -0.05) is 12.8 Å². The van der Waals surface area contributed by atoms with Crippen LogP contribution in [0.5, 0.6) is 0 Å². The number of hydrogen-bond donors (Lipinski definition) is 1. The molecule has 2 N–H and O–H groups in total. The first-order valence-electron chi connectivity index (χ1n) is 4.89. The summed E-state index contributed by atoms with van der Waals surface area (Å²) >= 11 is 0. The molecule has 0 saturated heterocycles. The van der Waals surface area contributed by atoms with Gasteiger partial charge >= 0.3 is 0 Å². The smallest absolute Gasteiger partial charge is 0.248 e. The van der Waals surface area contributed by atoms with Crippen LogP contribution in [-0.4, -0.2) is 29.2 Å². The van der Waals surface area contributed by atoms with Crippen molar-refractivity contribution in [3.05, 3.63) is 0 Å². The van der Waals surface area contributed by atoms with Crippen molar-refractivity contribution in [2.45, 2.75) is 38.1 Å². The number of amides is 1. The van der Waals surface area contributed by atoms with Gasteiger partial charge in [0.25, 0.3) is 0 Å². The molecule has 0 aromatic carbocycles. The van der Waals surface area contributed by atoms with Gasteiger partial charge in [-0.25, -0.2) is 5.01 Å². The van der Waals surface area contributed by atoms with Gasteiger partial charge < -0.3 is 5.73 Å². The van der Waals surface area contributed by atoms with Crippen LogP contribution in [0.2, 0.25) is 0 Å². The number of carbonyl (C=O) groups excluding carboxylic acids is 1. The molecule has 4 nitrogen and oxygen atoms in total. The Kier molecular flexibility index (Phi) is 2.31. The molecule has 2 aliphatic rings.